The number of piperazine rings is 1. The summed E-state index contributed by atoms with van der Waals surface area (Å²) >= 11 is 0. The second-order valence-corrected chi connectivity index (χ2v) is 6.13. The third-order valence-corrected chi connectivity index (χ3v) is 4.36. The van der Waals surface area contributed by atoms with E-state index in [1.165, 1.54) is 24.3 Å². The minimum Gasteiger partial charge on any atom is -0.339 e. The van der Waals surface area contributed by atoms with Crippen molar-refractivity contribution in [2.24, 2.45) is 5.73 Å². The van der Waals surface area contributed by atoms with Gasteiger partial charge in [-0.25, -0.2) is 4.39 Å². The topological polar surface area (TPSA) is 66.6 Å². The fraction of sp³-hybridized carbons (Fsp3) is 0.556. The van der Waals surface area contributed by atoms with Crippen LogP contribution >= 0.6 is 0 Å². The van der Waals surface area contributed by atoms with Crippen LogP contribution < -0.4 is 5.73 Å². The zero-order valence-corrected chi connectivity index (χ0v) is 14.0. The molecule has 0 atom stereocenters. The molecule has 2 amide bonds. The number of carbonyl (C=O) groups is 2. The maximum Gasteiger partial charge on any atom is 0.253 e. The Hall–Kier alpha value is -1.95. The van der Waals surface area contributed by atoms with Crippen molar-refractivity contribution in [3.63, 3.8) is 0 Å². The molecule has 6 heteroatoms. The first-order valence-corrected chi connectivity index (χ1v) is 8.64. The van der Waals surface area contributed by atoms with E-state index < -0.39 is 0 Å². The maximum atomic E-state index is 12.9. The van der Waals surface area contributed by atoms with Gasteiger partial charge in [0.15, 0.2) is 0 Å². The minimum absolute atomic E-state index is 0.108. The monoisotopic (exact) mass is 335 g/mol. The summed E-state index contributed by atoms with van der Waals surface area (Å²) in [7, 11) is 0. The summed E-state index contributed by atoms with van der Waals surface area (Å²) in [5.41, 5.74) is 5.93. The van der Waals surface area contributed by atoms with Crippen LogP contribution in [0.3, 0.4) is 0 Å². The Bertz CT molecular complexity index is 540. The van der Waals surface area contributed by atoms with Crippen LogP contribution in [0.5, 0.6) is 0 Å². The van der Waals surface area contributed by atoms with E-state index in [2.05, 4.69) is 0 Å². The Kier molecular flexibility index (Phi) is 7.18. The predicted molar refractivity (Wildman–Crippen MR) is 91.0 cm³/mol. The highest BCUT2D eigenvalue weighted by Crippen LogP contribution is 2.12. The lowest BCUT2D eigenvalue weighted by Crippen LogP contribution is -2.50. The van der Waals surface area contributed by atoms with Crippen molar-refractivity contribution in [1.82, 2.24) is 9.80 Å². The number of nitrogens with zero attached hydrogens (tertiary/aromatic N) is 2. The summed E-state index contributed by atoms with van der Waals surface area (Å²) in [6, 6.07) is 5.57. The molecule has 132 valence electrons. The van der Waals surface area contributed by atoms with Crippen molar-refractivity contribution in [2.45, 2.75) is 32.1 Å². The van der Waals surface area contributed by atoms with Crippen molar-refractivity contribution >= 4 is 11.8 Å². The fourth-order valence-electron chi connectivity index (χ4n) is 2.87. The number of hydrogen-bond donors (Lipinski definition) is 1. The molecule has 5 nitrogen and oxygen atoms in total. The van der Waals surface area contributed by atoms with Gasteiger partial charge in [0.25, 0.3) is 5.91 Å². The fourth-order valence-corrected chi connectivity index (χ4v) is 2.87. The minimum atomic E-state index is -0.353. The lowest BCUT2D eigenvalue weighted by atomic mass is 10.1. The van der Waals surface area contributed by atoms with E-state index >= 15 is 0 Å². The third-order valence-electron chi connectivity index (χ3n) is 4.36. The molecule has 0 saturated carbocycles. The Morgan fingerprint density at radius 3 is 2.12 bits per heavy atom. The number of amides is 2. The summed E-state index contributed by atoms with van der Waals surface area (Å²) in [6.07, 6.45) is 4.58. The lowest BCUT2D eigenvalue weighted by Gasteiger charge is -2.35. The molecule has 1 aliphatic heterocycles. The maximum absolute atomic E-state index is 12.9. The Morgan fingerprint density at radius 1 is 0.917 bits per heavy atom. The van der Waals surface area contributed by atoms with Crippen molar-refractivity contribution in [3.8, 4) is 0 Å². The summed E-state index contributed by atoms with van der Waals surface area (Å²) < 4.78 is 12.9. The molecule has 1 heterocycles. The Balaban J connectivity index is 1.73. The number of rotatable bonds is 7. The zero-order valence-electron chi connectivity index (χ0n) is 14.0. The molecule has 2 N–H and O–H groups in total. The van der Waals surface area contributed by atoms with Gasteiger partial charge in [-0.15, -0.1) is 0 Å². The van der Waals surface area contributed by atoms with Crippen LogP contribution in [-0.2, 0) is 4.79 Å². The number of benzene rings is 1. The van der Waals surface area contributed by atoms with Crippen molar-refractivity contribution in [2.75, 3.05) is 32.7 Å². The van der Waals surface area contributed by atoms with Crippen LogP contribution in [-0.4, -0.2) is 54.3 Å². The highest BCUT2D eigenvalue weighted by atomic mass is 19.1. The first kappa shape index (κ1) is 18.4. The molecule has 0 aromatic heterocycles. The molecule has 1 aliphatic rings. The summed E-state index contributed by atoms with van der Waals surface area (Å²) in [4.78, 5) is 28.1. The van der Waals surface area contributed by atoms with Crippen LogP contribution in [0.1, 0.15) is 42.5 Å². The van der Waals surface area contributed by atoms with Crippen LogP contribution in [0, 0.1) is 5.82 Å². The molecule has 2 rings (SSSR count). The van der Waals surface area contributed by atoms with Gasteiger partial charge in [-0.1, -0.05) is 12.8 Å². The molecule has 0 unspecified atom stereocenters. The SMILES string of the molecule is NCCCCCCC(=O)N1CCN(C(=O)c2ccc(F)cc2)CC1. The number of hydrogen-bond acceptors (Lipinski definition) is 3. The number of nitrogens with two attached hydrogens (primary N) is 1. The molecule has 0 spiro atoms. The van der Waals surface area contributed by atoms with Crippen LogP contribution in [0.25, 0.3) is 0 Å². The Morgan fingerprint density at radius 2 is 1.50 bits per heavy atom. The van der Waals surface area contributed by atoms with Gasteiger partial charge < -0.3 is 15.5 Å². The smallest absolute Gasteiger partial charge is 0.253 e. The predicted octanol–water partition coefficient (Wildman–Crippen LogP) is 2.02. The molecular weight excluding hydrogens is 309 g/mol. The molecular formula is C18H26FN3O2. The van der Waals surface area contributed by atoms with Crippen LogP contribution in [0.2, 0.25) is 0 Å². The molecule has 1 saturated heterocycles. The highest BCUT2D eigenvalue weighted by molar-refractivity contribution is 5.94. The van der Waals surface area contributed by atoms with E-state index in [1.54, 1.807) is 4.90 Å². The highest BCUT2D eigenvalue weighted by Gasteiger charge is 2.24. The first-order chi connectivity index (χ1) is 11.6. The summed E-state index contributed by atoms with van der Waals surface area (Å²) in [6.45, 7) is 2.88. The van der Waals surface area contributed by atoms with Gasteiger partial charge in [0, 0.05) is 38.2 Å². The van der Waals surface area contributed by atoms with Crippen molar-refractivity contribution < 1.29 is 14.0 Å². The standard InChI is InChI=1S/C18H26FN3O2/c19-16-8-6-15(7-9-16)18(24)22-13-11-21(12-14-22)17(23)5-3-1-2-4-10-20/h6-9H,1-5,10-14,20H2. The average molecular weight is 335 g/mol. The van der Waals surface area contributed by atoms with Gasteiger partial charge in [-0.2, -0.15) is 0 Å². The number of halogens is 1. The first-order valence-electron chi connectivity index (χ1n) is 8.64. The van der Waals surface area contributed by atoms with Crippen LogP contribution in [0.15, 0.2) is 24.3 Å². The summed E-state index contributed by atoms with van der Waals surface area (Å²) in [5.74, 6) is -0.297. The molecule has 1 aromatic rings. The molecule has 0 bridgehead atoms. The Labute approximate surface area is 142 Å². The van der Waals surface area contributed by atoms with Gasteiger partial charge in [-0.3, -0.25) is 9.59 Å². The molecule has 24 heavy (non-hydrogen) atoms. The van der Waals surface area contributed by atoms with E-state index in [9.17, 15) is 14.0 Å². The molecule has 0 aliphatic carbocycles. The van der Waals surface area contributed by atoms with Gasteiger partial charge in [0.1, 0.15) is 5.82 Å². The van der Waals surface area contributed by atoms with E-state index in [4.69, 9.17) is 5.73 Å². The van der Waals surface area contributed by atoms with Gasteiger partial charge in [0.2, 0.25) is 5.91 Å². The van der Waals surface area contributed by atoms with Gasteiger partial charge in [0.05, 0.1) is 0 Å². The average Bonchev–Trinajstić information content (AvgIpc) is 2.61. The van der Waals surface area contributed by atoms with Crippen molar-refractivity contribution in [3.05, 3.63) is 35.6 Å². The van der Waals surface area contributed by atoms with Gasteiger partial charge in [-0.05, 0) is 43.7 Å². The quantitative estimate of drug-likeness (QED) is 0.775. The zero-order chi connectivity index (χ0) is 17.4. The normalized spacial score (nSPS) is 14.8. The second kappa shape index (κ2) is 9.37. The van der Waals surface area contributed by atoms with E-state index in [0.29, 0.717) is 44.7 Å². The van der Waals surface area contributed by atoms with E-state index in [1.807, 2.05) is 4.90 Å². The molecule has 1 aromatic carbocycles. The van der Waals surface area contributed by atoms with Crippen molar-refractivity contribution in [1.29, 1.82) is 0 Å². The summed E-state index contributed by atoms with van der Waals surface area (Å²) in [5, 5.41) is 0. The van der Waals surface area contributed by atoms with Gasteiger partial charge >= 0.3 is 0 Å². The largest absolute Gasteiger partial charge is 0.339 e. The molecule has 0 radical (unpaired) electrons. The third kappa shape index (κ3) is 5.30. The lowest BCUT2D eigenvalue weighted by molar-refractivity contribution is -0.132. The number of unbranched alkanes of at least 4 members (excludes halogenated alkanes) is 3. The van der Waals surface area contributed by atoms with E-state index in [0.717, 1.165) is 25.7 Å². The van der Waals surface area contributed by atoms with E-state index in [-0.39, 0.29) is 17.6 Å². The van der Waals surface area contributed by atoms with Crippen LogP contribution in [0.4, 0.5) is 4.39 Å². The number of carbonyl (C=O) groups excluding carboxylic acids is 2. The second-order valence-electron chi connectivity index (χ2n) is 6.13. The molecule has 1 fully saturated rings.